The molecule has 2 aromatic carbocycles. The summed E-state index contributed by atoms with van der Waals surface area (Å²) in [7, 11) is 0. The number of fused-ring (bicyclic) bond motifs is 1. The summed E-state index contributed by atoms with van der Waals surface area (Å²) in [6.45, 7) is 1.55. The van der Waals surface area contributed by atoms with Gasteiger partial charge in [0.05, 0.1) is 0 Å². The number of amides is 1. The van der Waals surface area contributed by atoms with Crippen LogP contribution in [0.5, 0.6) is 0 Å². The van der Waals surface area contributed by atoms with Gasteiger partial charge in [0.25, 0.3) is 5.91 Å². The molecule has 0 spiro atoms. The molecule has 1 aromatic heterocycles. The highest BCUT2D eigenvalue weighted by atomic mass is 19.2. The van der Waals surface area contributed by atoms with E-state index in [1.54, 1.807) is 29.0 Å². The Morgan fingerprint density at radius 2 is 1.54 bits per heavy atom. The van der Waals surface area contributed by atoms with Gasteiger partial charge in [0.15, 0.2) is 23.3 Å². The summed E-state index contributed by atoms with van der Waals surface area (Å²) < 4.78 is 68.0. The summed E-state index contributed by atoms with van der Waals surface area (Å²) in [5.74, 6) is -11.3. The second-order valence-electron chi connectivity index (χ2n) is 5.55. The number of hydrogen-bond acceptors (Lipinski definition) is 2. The van der Waals surface area contributed by atoms with Gasteiger partial charge in [-0.1, -0.05) is 18.2 Å². The second kappa shape index (κ2) is 6.66. The van der Waals surface area contributed by atoms with Crippen molar-refractivity contribution in [3.8, 4) is 0 Å². The lowest BCUT2D eigenvalue weighted by Crippen LogP contribution is -2.33. The summed E-state index contributed by atoms with van der Waals surface area (Å²) in [5.41, 5.74) is 3.89. The van der Waals surface area contributed by atoms with E-state index in [1.165, 1.54) is 0 Å². The van der Waals surface area contributed by atoms with E-state index in [9.17, 15) is 26.7 Å². The predicted octanol–water partition coefficient (Wildman–Crippen LogP) is 3.79. The summed E-state index contributed by atoms with van der Waals surface area (Å²) in [6, 6.07) is 9.09. The van der Waals surface area contributed by atoms with Crippen molar-refractivity contribution in [2.45, 2.75) is 13.5 Å². The summed E-state index contributed by atoms with van der Waals surface area (Å²) in [6.07, 6.45) is 0. The van der Waals surface area contributed by atoms with Crippen LogP contribution in [0.2, 0.25) is 0 Å². The van der Waals surface area contributed by atoms with Gasteiger partial charge in [-0.15, -0.1) is 0 Å². The average Bonchev–Trinajstić information content (AvgIpc) is 2.94. The highest BCUT2D eigenvalue weighted by Crippen LogP contribution is 2.26. The van der Waals surface area contributed by atoms with Crippen molar-refractivity contribution in [1.29, 1.82) is 0 Å². The van der Waals surface area contributed by atoms with Gasteiger partial charge in [-0.25, -0.2) is 22.0 Å². The maximum absolute atomic E-state index is 13.6. The van der Waals surface area contributed by atoms with Crippen LogP contribution >= 0.6 is 0 Å². The lowest BCUT2D eigenvalue weighted by atomic mass is 10.2. The SMILES string of the molecule is Cc1cc2ccccc2n1CC(=O)NNc1c(F)c(F)c(F)c(F)c1F. The van der Waals surface area contributed by atoms with E-state index in [0.717, 1.165) is 16.6 Å². The zero-order chi connectivity index (χ0) is 19.0. The Kier molecular flexibility index (Phi) is 4.54. The lowest BCUT2D eigenvalue weighted by molar-refractivity contribution is -0.121. The molecule has 0 fully saturated rings. The molecule has 9 heteroatoms. The quantitative estimate of drug-likeness (QED) is 0.318. The number of nitrogens with zero attached hydrogens (tertiary/aromatic N) is 1. The van der Waals surface area contributed by atoms with Crippen molar-refractivity contribution in [3.63, 3.8) is 0 Å². The van der Waals surface area contributed by atoms with Crippen molar-refractivity contribution in [1.82, 2.24) is 9.99 Å². The van der Waals surface area contributed by atoms with Crippen LogP contribution in [-0.4, -0.2) is 10.5 Å². The molecule has 0 unspecified atom stereocenters. The standard InChI is InChI=1S/C17H12F5N3O/c1-8-6-9-4-2-3-5-10(9)25(8)7-11(26)23-24-17-15(21)13(19)12(18)14(20)16(17)22/h2-6,24H,7H2,1H3,(H,23,26). The topological polar surface area (TPSA) is 46.1 Å². The van der Waals surface area contributed by atoms with E-state index in [-0.39, 0.29) is 6.54 Å². The molecule has 26 heavy (non-hydrogen) atoms. The third kappa shape index (κ3) is 2.96. The molecule has 0 atom stereocenters. The van der Waals surface area contributed by atoms with E-state index in [1.807, 2.05) is 23.6 Å². The van der Waals surface area contributed by atoms with Crippen LogP contribution in [-0.2, 0) is 11.3 Å². The number of halogens is 5. The molecule has 0 radical (unpaired) electrons. The number of hydrogen-bond donors (Lipinski definition) is 2. The number of benzene rings is 2. The number of nitrogens with one attached hydrogen (secondary N) is 2. The van der Waals surface area contributed by atoms with E-state index in [4.69, 9.17) is 0 Å². The van der Waals surface area contributed by atoms with Gasteiger partial charge < -0.3 is 4.57 Å². The molecule has 0 aliphatic rings. The first-order valence-electron chi connectivity index (χ1n) is 7.42. The molecule has 3 rings (SSSR count). The first-order chi connectivity index (χ1) is 12.3. The van der Waals surface area contributed by atoms with Crippen LogP contribution in [0.3, 0.4) is 0 Å². The minimum Gasteiger partial charge on any atom is -0.335 e. The maximum atomic E-state index is 13.6. The van der Waals surface area contributed by atoms with Gasteiger partial charge in [0.2, 0.25) is 5.82 Å². The molecule has 1 amide bonds. The first-order valence-corrected chi connectivity index (χ1v) is 7.42. The molecular formula is C17H12F5N3O. The number of anilines is 1. The summed E-state index contributed by atoms with van der Waals surface area (Å²) in [5, 5.41) is 0.894. The zero-order valence-corrected chi connectivity index (χ0v) is 13.3. The van der Waals surface area contributed by atoms with E-state index in [2.05, 4.69) is 0 Å². The Hall–Kier alpha value is -3.10. The largest absolute Gasteiger partial charge is 0.335 e. The van der Waals surface area contributed by atoms with Crippen molar-refractivity contribution in [3.05, 3.63) is 65.1 Å². The van der Waals surface area contributed by atoms with Crippen molar-refractivity contribution in [2.75, 3.05) is 5.43 Å². The van der Waals surface area contributed by atoms with E-state index < -0.39 is 40.7 Å². The van der Waals surface area contributed by atoms with Crippen LogP contribution in [0.25, 0.3) is 10.9 Å². The number of hydrazine groups is 1. The molecule has 0 aliphatic heterocycles. The molecule has 4 nitrogen and oxygen atoms in total. The smallest absolute Gasteiger partial charge is 0.258 e. The number of carbonyl (C=O) groups excluding carboxylic acids is 1. The third-order valence-corrected chi connectivity index (χ3v) is 3.86. The summed E-state index contributed by atoms with van der Waals surface area (Å²) in [4.78, 5) is 12.0. The predicted molar refractivity (Wildman–Crippen MR) is 84.7 cm³/mol. The van der Waals surface area contributed by atoms with Crippen LogP contribution in [0.4, 0.5) is 27.6 Å². The Bertz CT molecular complexity index is 986. The minimum atomic E-state index is -2.27. The average molecular weight is 369 g/mol. The number of rotatable bonds is 4. The highest BCUT2D eigenvalue weighted by Gasteiger charge is 2.26. The number of aromatic nitrogens is 1. The monoisotopic (exact) mass is 369 g/mol. The molecule has 0 saturated heterocycles. The minimum absolute atomic E-state index is 0.220. The van der Waals surface area contributed by atoms with Crippen LogP contribution < -0.4 is 10.9 Å². The fourth-order valence-electron chi connectivity index (χ4n) is 2.59. The fraction of sp³-hybridized carbons (Fsp3) is 0.118. The van der Waals surface area contributed by atoms with Crippen LogP contribution in [0, 0.1) is 36.0 Å². The van der Waals surface area contributed by atoms with Crippen LogP contribution in [0.15, 0.2) is 30.3 Å². The van der Waals surface area contributed by atoms with Gasteiger partial charge >= 0.3 is 0 Å². The van der Waals surface area contributed by atoms with E-state index >= 15 is 0 Å². The summed E-state index contributed by atoms with van der Waals surface area (Å²) >= 11 is 0. The Balaban J connectivity index is 1.79. The van der Waals surface area contributed by atoms with E-state index in [0.29, 0.717) is 0 Å². The second-order valence-corrected chi connectivity index (χ2v) is 5.55. The highest BCUT2D eigenvalue weighted by molar-refractivity contribution is 5.84. The maximum Gasteiger partial charge on any atom is 0.258 e. The van der Waals surface area contributed by atoms with Gasteiger partial charge in [0, 0.05) is 11.2 Å². The molecule has 1 heterocycles. The number of aryl methyl sites for hydroxylation is 1. The first kappa shape index (κ1) is 17.7. The molecule has 0 saturated carbocycles. The van der Waals surface area contributed by atoms with Crippen molar-refractivity contribution >= 4 is 22.5 Å². The van der Waals surface area contributed by atoms with Gasteiger partial charge in [-0.3, -0.25) is 15.6 Å². The third-order valence-electron chi connectivity index (χ3n) is 3.86. The fourth-order valence-corrected chi connectivity index (χ4v) is 2.59. The zero-order valence-electron chi connectivity index (χ0n) is 13.3. The van der Waals surface area contributed by atoms with Gasteiger partial charge in [0.1, 0.15) is 12.2 Å². The molecule has 3 aromatic rings. The lowest BCUT2D eigenvalue weighted by Gasteiger charge is -2.13. The Morgan fingerprint density at radius 3 is 2.19 bits per heavy atom. The van der Waals surface area contributed by atoms with Gasteiger partial charge in [-0.05, 0) is 24.4 Å². The Labute approximate surface area is 144 Å². The number of para-hydroxylation sites is 1. The van der Waals surface area contributed by atoms with Crippen molar-refractivity contribution < 1.29 is 26.7 Å². The molecule has 2 N–H and O–H groups in total. The molecular weight excluding hydrogens is 357 g/mol. The van der Waals surface area contributed by atoms with Crippen LogP contribution in [0.1, 0.15) is 5.69 Å². The van der Waals surface area contributed by atoms with Gasteiger partial charge in [-0.2, -0.15) is 0 Å². The number of carbonyl (C=O) groups is 1. The molecule has 136 valence electrons. The normalized spacial score (nSPS) is 11.0. The van der Waals surface area contributed by atoms with Crippen molar-refractivity contribution in [2.24, 2.45) is 0 Å². The molecule has 0 bridgehead atoms. The Morgan fingerprint density at radius 1 is 0.962 bits per heavy atom. The molecule has 0 aliphatic carbocycles.